The number of hydrogen-bond acceptors (Lipinski definition) is 5. The summed E-state index contributed by atoms with van der Waals surface area (Å²) in [6.45, 7) is 3.14. The van der Waals surface area contributed by atoms with E-state index in [2.05, 4.69) is 9.97 Å². The fourth-order valence-electron chi connectivity index (χ4n) is 1.62. The molecule has 116 valence electrons. The molecule has 2 aromatic rings. The van der Waals surface area contributed by atoms with Gasteiger partial charge in [-0.3, -0.25) is 19.9 Å². The topological polar surface area (TPSA) is 85.1 Å². The maximum atomic E-state index is 12.8. The molecule has 0 fully saturated rings. The van der Waals surface area contributed by atoms with Crippen LogP contribution in [0.25, 0.3) is 0 Å². The molecule has 0 saturated carbocycles. The van der Waals surface area contributed by atoms with Gasteiger partial charge in [-0.2, -0.15) is 13.2 Å². The van der Waals surface area contributed by atoms with E-state index in [1.54, 1.807) is 19.2 Å². The highest BCUT2D eigenvalue weighted by molar-refractivity contribution is 6.09. The summed E-state index contributed by atoms with van der Waals surface area (Å²) in [6, 6.07) is 0.652. The van der Waals surface area contributed by atoms with E-state index in [9.17, 15) is 22.8 Å². The number of pyridine rings is 1. The number of oxazole rings is 1. The van der Waals surface area contributed by atoms with Crippen LogP contribution in [0.4, 0.5) is 13.2 Å². The van der Waals surface area contributed by atoms with E-state index in [4.69, 9.17) is 4.42 Å². The second-order valence-electron chi connectivity index (χ2n) is 4.36. The highest BCUT2D eigenvalue weighted by atomic mass is 19.4. The fraction of sp³-hybridized carbons (Fsp3) is 0.231. The summed E-state index contributed by atoms with van der Waals surface area (Å²) in [5.41, 5.74) is -1.51. The molecule has 0 spiro atoms. The highest BCUT2D eigenvalue weighted by Gasteiger charge is 2.35. The Morgan fingerprint density at radius 2 is 1.91 bits per heavy atom. The predicted molar refractivity (Wildman–Crippen MR) is 67.0 cm³/mol. The molecule has 0 aliphatic rings. The Morgan fingerprint density at radius 1 is 1.23 bits per heavy atom. The number of rotatable bonds is 2. The number of aryl methyl sites for hydroxylation is 2. The second-order valence-corrected chi connectivity index (χ2v) is 4.36. The molecule has 1 N–H and O–H groups in total. The van der Waals surface area contributed by atoms with Crippen molar-refractivity contribution in [3.05, 3.63) is 46.9 Å². The van der Waals surface area contributed by atoms with E-state index in [1.165, 1.54) is 0 Å². The van der Waals surface area contributed by atoms with Gasteiger partial charge in [0.2, 0.25) is 0 Å². The molecule has 0 aromatic carbocycles. The van der Waals surface area contributed by atoms with Gasteiger partial charge in [-0.15, -0.1) is 0 Å². The molecule has 0 bridgehead atoms. The van der Waals surface area contributed by atoms with E-state index in [-0.39, 0.29) is 0 Å². The predicted octanol–water partition coefficient (Wildman–Crippen LogP) is 2.28. The standard InChI is InChI=1S/C13H10F3N3O3/c1-6-7(2)22-12(18-6)11(21)19-10(20)8-5-17-4-3-9(8)13(14,15)16/h3-5H,1-2H3,(H,19,20,21). The quantitative estimate of drug-likeness (QED) is 0.860. The van der Waals surface area contributed by atoms with Crippen molar-refractivity contribution in [3.8, 4) is 0 Å². The summed E-state index contributed by atoms with van der Waals surface area (Å²) in [4.78, 5) is 30.8. The lowest BCUT2D eigenvalue weighted by Gasteiger charge is -2.10. The lowest BCUT2D eigenvalue weighted by Crippen LogP contribution is -2.32. The number of carbonyl (C=O) groups excluding carboxylic acids is 2. The number of imide groups is 1. The average molecular weight is 313 g/mol. The van der Waals surface area contributed by atoms with E-state index >= 15 is 0 Å². The Hall–Kier alpha value is -2.71. The molecular weight excluding hydrogens is 303 g/mol. The number of hydrogen-bond donors (Lipinski definition) is 1. The third-order valence-corrected chi connectivity index (χ3v) is 2.82. The van der Waals surface area contributed by atoms with Crippen LogP contribution in [-0.4, -0.2) is 21.8 Å². The van der Waals surface area contributed by atoms with Crippen LogP contribution in [0.2, 0.25) is 0 Å². The van der Waals surface area contributed by atoms with Crippen molar-refractivity contribution >= 4 is 11.8 Å². The van der Waals surface area contributed by atoms with Gasteiger partial charge in [0.15, 0.2) is 0 Å². The van der Waals surface area contributed by atoms with Crippen LogP contribution in [-0.2, 0) is 6.18 Å². The maximum Gasteiger partial charge on any atom is 0.417 e. The Balaban J connectivity index is 2.25. The van der Waals surface area contributed by atoms with E-state index in [0.717, 1.165) is 12.4 Å². The van der Waals surface area contributed by atoms with Gasteiger partial charge in [0.05, 0.1) is 16.8 Å². The van der Waals surface area contributed by atoms with Gasteiger partial charge in [-0.1, -0.05) is 0 Å². The van der Waals surface area contributed by atoms with Crippen molar-refractivity contribution in [2.24, 2.45) is 0 Å². The van der Waals surface area contributed by atoms with Gasteiger partial charge >= 0.3 is 12.1 Å². The molecule has 0 atom stereocenters. The van der Waals surface area contributed by atoms with Gasteiger partial charge in [0, 0.05) is 12.4 Å². The molecule has 9 heteroatoms. The van der Waals surface area contributed by atoms with Crippen LogP contribution in [0, 0.1) is 13.8 Å². The minimum atomic E-state index is -4.74. The highest BCUT2D eigenvalue weighted by Crippen LogP contribution is 2.31. The molecule has 0 saturated heterocycles. The minimum absolute atomic E-state index is 0.370. The molecule has 0 radical (unpaired) electrons. The molecule has 6 nitrogen and oxygen atoms in total. The SMILES string of the molecule is Cc1nc(C(=O)NC(=O)c2cnccc2C(F)(F)F)oc1C. The van der Waals surface area contributed by atoms with Crippen LogP contribution >= 0.6 is 0 Å². The number of carbonyl (C=O) groups is 2. The number of nitrogens with zero attached hydrogens (tertiary/aromatic N) is 2. The van der Waals surface area contributed by atoms with E-state index in [1.807, 2.05) is 0 Å². The smallest absolute Gasteiger partial charge is 0.417 e. The third kappa shape index (κ3) is 3.13. The van der Waals surface area contributed by atoms with E-state index in [0.29, 0.717) is 17.5 Å². The Labute approximate surface area is 122 Å². The summed E-state index contributed by atoms with van der Waals surface area (Å²) in [7, 11) is 0. The second kappa shape index (κ2) is 5.58. The molecule has 0 unspecified atom stereocenters. The average Bonchev–Trinajstić information content (AvgIpc) is 2.78. The first-order valence-corrected chi connectivity index (χ1v) is 6.01. The van der Waals surface area contributed by atoms with Crippen molar-refractivity contribution in [1.82, 2.24) is 15.3 Å². The first-order valence-electron chi connectivity index (χ1n) is 6.01. The number of nitrogens with one attached hydrogen (secondary N) is 1. The summed E-state index contributed by atoms with van der Waals surface area (Å²) in [5, 5.41) is 1.79. The van der Waals surface area contributed by atoms with Crippen LogP contribution in [0.15, 0.2) is 22.9 Å². The maximum absolute atomic E-state index is 12.8. The summed E-state index contributed by atoms with van der Waals surface area (Å²) in [6.07, 6.45) is -3.10. The number of halogens is 3. The normalized spacial score (nSPS) is 11.3. The summed E-state index contributed by atoms with van der Waals surface area (Å²) in [5.74, 6) is -2.30. The van der Waals surface area contributed by atoms with Gasteiger partial charge in [-0.05, 0) is 19.9 Å². The molecule has 0 aliphatic heterocycles. The zero-order valence-electron chi connectivity index (χ0n) is 11.5. The van der Waals surface area contributed by atoms with Gasteiger partial charge < -0.3 is 4.42 Å². The summed E-state index contributed by atoms with van der Waals surface area (Å²) < 4.78 is 43.4. The van der Waals surface area contributed by atoms with Crippen molar-refractivity contribution in [1.29, 1.82) is 0 Å². The van der Waals surface area contributed by atoms with Crippen molar-refractivity contribution in [2.75, 3.05) is 0 Å². The lowest BCUT2D eigenvalue weighted by atomic mass is 10.1. The number of alkyl halides is 3. The molecule has 2 rings (SSSR count). The zero-order valence-corrected chi connectivity index (χ0v) is 11.5. The fourth-order valence-corrected chi connectivity index (χ4v) is 1.62. The van der Waals surface area contributed by atoms with E-state index < -0.39 is 35.0 Å². The van der Waals surface area contributed by atoms with Gasteiger partial charge in [-0.25, -0.2) is 4.98 Å². The number of aromatic nitrogens is 2. The van der Waals surface area contributed by atoms with Crippen molar-refractivity contribution in [3.63, 3.8) is 0 Å². The third-order valence-electron chi connectivity index (χ3n) is 2.82. The molecule has 0 aliphatic carbocycles. The Bertz CT molecular complexity index is 718. The first kappa shape index (κ1) is 15.7. The first-order chi connectivity index (χ1) is 10.2. The Kier molecular flexibility index (Phi) is 3.98. The van der Waals surface area contributed by atoms with Gasteiger partial charge in [0.1, 0.15) is 5.76 Å². The van der Waals surface area contributed by atoms with Crippen molar-refractivity contribution < 1.29 is 27.2 Å². The molecule has 2 heterocycles. The number of amides is 2. The van der Waals surface area contributed by atoms with Gasteiger partial charge in [0.25, 0.3) is 11.8 Å². The molecule has 22 heavy (non-hydrogen) atoms. The zero-order chi connectivity index (χ0) is 16.5. The molecule has 2 amide bonds. The molecular formula is C13H10F3N3O3. The Morgan fingerprint density at radius 3 is 2.45 bits per heavy atom. The van der Waals surface area contributed by atoms with Crippen LogP contribution in [0.1, 0.15) is 38.1 Å². The van der Waals surface area contributed by atoms with Crippen LogP contribution < -0.4 is 5.32 Å². The summed E-state index contributed by atoms with van der Waals surface area (Å²) >= 11 is 0. The van der Waals surface area contributed by atoms with Crippen LogP contribution in [0.3, 0.4) is 0 Å². The molecule has 2 aromatic heterocycles. The van der Waals surface area contributed by atoms with Crippen molar-refractivity contribution in [2.45, 2.75) is 20.0 Å². The minimum Gasteiger partial charge on any atom is -0.438 e. The van der Waals surface area contributed by atoms with Crippen LogP contribution in [0.5, 0.6) is 0 Å². The largest absolute Gasteiger partial charge is 0.438 e. The monoisotopic (exact) mass is 313 g/mol. The lowest BCUT2D eigenvalue weighted by molar-refractivity contribution is -0.138.